The molecule has 6 heteroatoms. The molecule has 2 aromatic rings. The third kappa shape index (κ3) is 3.27. The van der Waals surface area contributed by atoms with Crippen LogP contribution in [0.4, 0.5) is 11.6 Å². The summed E-state index contributed by atoms with van der Waals surface area (Å²) in [6.07, 6.45) is 7.15. The molecule has 0 aromatic carbocycles. The zero-order valence-electron chi connectivity index (χ0n) is 14.0. The Hall–Kier alpha value is -2.32. The molecule has 0 saturated carbocycles. The number of aryl methyl sites for hydroxylation is 2. The van der Waals surface area contributed by atoms with Gasteiger partial charge in [0.2, 0.25) is 0 Å². The fourth-order valence-electron chi connectivity index (χ4n) is 3.70. The van der Waals surface area contributed by atoms with Gasteiger partial charge in [-0.05, 0) is 55.9 Å². The minimum absolute atomic E-state index is 0.235. The first kappa shape index (κ1) is 16.2. The molecule has 2 aliphatic rings. The molecule has 1 saturated heterocycles. The van der Waals surface area contributed by atoms with Crippen molar-refractivity contribution in [2.75, 3.05) is 23.3 Å². The number of hydrogen-bond acceptors (Lipinski definition) is 5. The van der Waals surface area contributed by atoms with Crippen LogP contribution in [0.1, 0.15) is 36.1 Å². The lowest BCUT2D eigenvalue weighted by molar-refractivity contribution is 0.666. The number of nitrogens with one attached hydrogen (secondary N) is 1. The summed E-state index contributed by atoms with van der Waals surface area (Å²) in [6.45, 7) is 1.70. The monoisotopic (exact) mass is 353 g/mol. The molecule has 0 amide bonds. The SMILES string of the molecule is N#Cc1cc2c(nc1NC1CCN(c3ncccc3Cl)C1)CCCC2. The second kappa shape index (κ2) is 6.89. The van der Waals surface area contributed by atoms with E-state index < -0.39 is 0 Å². The van der Waals surface area contributed by atoms with Crippen molar-refractivity contribution in [2.45, 2.75) is 38.1 Å². The summed E-state index contributed by atoms with van der Waals surface area (Å²) >= 11 is 6.26. The number of halogens is 1. The van der Waals surface area contributed by atoms with Crippen molar-refractivity contribution in [1.29, 1.82) is 5.26 Å². The molecule has 0 radical (unpaired) electrons. The van der Waals surface area contributed by atoms with Crippen molar-refractivity contribution in [2.24, 2.45) is 0 Å². The van der Waals surface area contributed by atoms with Gasteiger partial charge in [-0.3, -0.25) is 0 Å². The highest BCUT2D eigenvalue weighted by atomic mass is 35.5. The Morgan fingerprint density at radius 2 is 2.20 bits per heavy atom. The third-order valence-electron chi connectivity index (χ3n) is 4.99. The normalized spacial score (nSPS) is 19.4. The fraction of sp³-hybridized carbons (Fsp3) is 0.421. The van der Waals surface area contributed by atoms with Crippen LogP contribution in [0.5, 0.6) is 0 Å². The van der Waals surface area contributed by atoms with Gasteiger partial charge < -0.3 is 10.2 Å². The third-order valence-corrected chi connectivity index (χ3v) is 5.28. The topological polar surface area (TPSA) is 64.8 Å². The Bertz CT molecular complexity index is 829. The molecule has 1 aliphatic heterocycles. The Kier molecular flexibility index (Phi) is 4.46. The van der Waals surface area contributed by atoms with E-state index in [1.807, 2.05) is 18.2 Å². The average Bonchev–Trinajstić information content (AvgIpc) is 3.10. The molecule has 1 unspecified atom stereocenters. The van der Waals surface area contributed by atoms with E-state index in [9.17, 15) is 5.26 Å². The first-order chi connectivity index (χ1) is 12.2. The summed E-state index contributed by atoms with van der Waals surface area (Å²) in [7, 11) is 0. The maximum atomic E-state index is 9.49. The second-order valence-corrected chi connectivity index (χ2v) is 7.10. The maximum Gasteiger partial charge on any atom is 0.147 e. The number of nitriles is 1. The summed E-state index contributed by atoms with van der Waals surface area (Å²) < 4.78 is 0. The smallest absolute Gasteiger partial charge is 0.147 e. The highest BCUT2D eigenvalue weighted by molar-refractivity contribution is 6.32. The maximum absolute atomic E-state index is 9.49. The molecular weight excluding hydrogens is 334 g/mol. The molecule has 0 bridgehead atoms. The summed E-state index contributed by atoms with van der Waals surface area (Å²) in [5, 5.41) is 13.6. The number of nitrogens with zero attached hydrogens (tertiary/aromatic N) is 4. The van der Waals surface area contributed by atoms with Crippen molar-refractivity contribution >= 4 is 23.2 Å². The number of fused-ring (bicyclic) bond motifs is 1. The number of pyridine rings is 2. The van der Waals surface area contributed by atoms with Gasteiger partial charge in [-0.2, -0.15) is 5.26 Å². The van der Waals surface area contributed by atoms with E-state index in [2.05, 4.69) is 21.3 Å². The molecule has 0 spiro atoms. The molecule has 128 valence electrons. The van der Waals surface area contributed by atoms with Crippen molar-refractivity contribution in [3.05, 3.63) is 46.2 Å². The molecule has 25 heavy (non-hydrogen) atoms. The first-order valence-corrected chi connectivity index (χ1v) is 9.17. The Morgan fingerprint density at radius 1 is 1.32 bits per heavy atom. The highest BCUT2D eigenvalue weighted by Crippen LogP contribution is 2.28. The zero-order chi connectivity index (χ0) is 17.2. The Morgan fingerprint density at radius 3 is 3.04 bits per heavy atom. The van der Waals surface area contributed by atoms with Gasteiger partial charge in [-0.25, -0.2) is 9.97 Å². The van der Waals surface area contributed by atoms with Crippen molar-refractivity contribution in [1.82, 2.24) is 9.97 Å². The van der Waals surface area contributed by atoms with Crippen LogP contribution in [-0.2, 0) is 12.8 Å². The molecule has 1 N–H and O–H groups in total. The van der Waals surface area contributed by atoms with Crippen LogP contribution in [0.2, 0.25) is 5.02 Å². The van der Waals surface area contributed by atoms with E-state index in [4.69, 9.17) is 16.6 Å². The average molecular weight is 354 g/mol. The molecule has 5 nitrogen and oxygen atoms in total. The highest BCUT2D eigenvalue weighted by Gasteiger charge is 2.26. The van der Waals surface area contributed by atoms with Crippen LogP contribution in [0.25, 0.3) is 0 Å². The predicted molar refractivity (Wildman–Crippen MR) is 99.1 cm³/mol. The summed E-state index contributed by atoms with van der Waals surface area (Å²) in [5.41, 5.74) is 3.03. The van der Waals surface area contributed by atoms with E-state index in [0.717, 1.165) is 49.7 Å². The number of aromatic nitrogens is 2. The Balaban J connectivity index is 1.52. The second-order valence-electron chi connectivity index (χ2n) is 6.69. The van der Waals surface area contributed by atoms with Gasteiger partial charge in [0, 0.05) is 31.0 Å². The van der Waals surface area contributed by atoms with Crippen LogP contribution < -0.4 is 10.2 Å². The van der Waals surface area contributed by atoms with Crippen LogP contribution in [0.15, 0.2) is 24.4 Å². The number of anilines is 2. The lowest BCUT2D eigenvalue weighted by Gasteiger charge is -2.21. The minimum Gasteiger partial charge on any atom is -0.364 e. The molecule has 1 aliphatic carbocycles. The van der Waals surface area contributed by atoms with Gasteiger partial charge in [-0.1, -0.05) is 11.6 Å². The number of hydrogen-bond donors (Lipinski definition) is 1. The molecule has 1 fully saturated rings. The lowest BCUT2D eigenvalue weighted by atomic mass is 9.95. The largest absolute Gasteiger partial charge is 0.364 e. The molecule has 4 rings (SSSR count). The predicted octanol–water partition coefficient (Wildman–Crippen LogP) is 3.57. The summed E-state index contributed by atoms with van der Waals surface area (Å²) in [4.78, 5) is 11.3. The minimum atomic E-state index is 0.235. The fourth-order valence-corrected chi connectivity index (χ4v) is 3.94. The van der Waals surface area contributed by atoms with E-state index >= 15 is 0 Å². The van der Waals surface area contributed by atoms with Crippen LogP contribution in [-0.4, -0.2) is 29.1 Å². The molecule has 3 heterocycles. The first-order valence-electron chi connectivity index (χ1n) is 8.79. The van der Waals surface area contributed by atoms with E-state index in [1.165, 1.54) is 18.4 Å². The van der Waals surface area contributed by atoms with Gasteiger partial charge in [0.1, 0.15) is 17.7 Å². The lowest BCUT2D eigenvalue weighted by Crippen LogP contribution is -2.27. The van der Waals surface area contributed by atoms with Crippen LogP contribution >= 0.6 is 11.6 Å². The van der Waals surface area contributed by atoms with Crippen molar-refractivity contribution in [3.63, 3.8) is 0 Å². The summed E-state index contributed by atoms with van der Waals surface area (Å²) in [6, 6.07) is 8.26. The van der Waals surface area contributed by atoms with Gasteiger partial charge in [0.15, 0.2) is 0 Å². The van der Waals surface area contributed by atoms with Gasteiger partial charge in [0.25, 0.3) is 0 Å². The van der Waals surface area contributed by atoms with Crippen LogP contribution in [0, 0.1) is 11.3 Å². The van der Waals surface area contributed by atoms with E-state index in [-0.39, 0.29) is 6.04 Å². The molecule has 2 aromatic heterocycles. The van der Waals surface area contributed by atoms with Gasteiger partial charge in [-0.15, -0.1) is 0 Å². The van der Waals surface area contributed by atoms with E-state index in [0.29, 0.717) is 10.6 Å². The van der Waals surface area contributed by atoms with Gasteiger partial charge >= 0.3 is 0 Å². The standard InChI is InChI=1S/C19H20ClN5/c20-16-5-3-8-22-19(16)25-9-7-15(12-25)23-18-14(11-21)10-13-4-1-2-6-17(13)24-18/h3,5,8,10,15H,1-2,4,6-7,9,12H2,(H,23,24). The molecule has 1 atom stereocenters. The Labute approximate surface area is 152 Å². The zero-order valence-corrected chi connectivity index (χ0v) is 14.8. The van der Waals surface area contributed by atoms with Crippen LogP contribution in [0.3, 0.4) is 0 Å². The number of rotatable bonds is 3. The quantitative estimate of drug-likeness (QED) is 0.913. The van der Waals surface area contributed by atoms with Gasteiger partial charge in [0.05, 0.1) is 10.6 Å². The molecular formula is C19H20ClN5. The van der Waals surface area contributed by atoms with Crippen molar-refractivity contribution in [3.8, 4) is 6.07 Å². The van der Waals surface area contributed by atoms with Crippen molar-refractivity contribution < 1.29 is 0 Å². The summed E-state index contributed by atoms with van der Waals surface area (Å²) in [5.74, 6) is 1.55. The van der Waals surface area contributed by atoms with E-state index in [1.54, 1.807) is 6.20 Å².